The number of nitrogens with zero attached hydrogens (tertiary/aromatic N) is 1. The van der Waals surface area contributed by atoms with Crippen molar-refractivity contribution in [3.8, 4) is 0 Å². The minimum Gasteiger partial charge on any atom is -0.258 e. The smallest absolute Gasteiger partial charge is 0.258 e. The van der Waals surface area contributed by atoms with Crippen LogP contribution in [0.5, 0.6) is 0 Å². The van der Waals surface area contributed by atoms with Crippen LogP contribution in [0.25, 0.3) is 0 Å². The first-order valence-electron chi connectivity index (χ1n) is 6.81. The molecular formula is C14H18ClNO2S2. The number of nitro benzene ring substituents is 1. The monoisotopic (exact) mass is 331 g/mol. The van der Waals surface area contributed by atoms with E-state index in [9.17, 15) is 10.1 Å². The molecule has 0 unspecified atom stereocenters. The summed E-state index contributed by atoms with van der Waals surface area (Å²) in [5.74, 6) is 2.24. The van der Waals surface area contributed by atoms with Gasteiger partial charge < -0.3 is 0 Å². The number of unbranched alkanes of at least 4 members (excludes halogenated alkanes) is 1. The molecule has 0 spiro atoms. The van der Waals surface area contributed by atoms with Crippen LogP contribution in [0.1, 0.15) is 38.2 Å². The van der Waals surface area contributed by atoms with E-state index in [0.29, 0.717) is 0 Å². The lowest BCUT2D eigenvalue weighted by atomic mass is 10.1. The molecule has 0 bridgehead atoms. The summed E-state index contributed by atoms with van der Waals surface area (Å²) in [6, 6.07) is 5.29. The summed E-state index contributed by atoms with van der Waals surface area (Å²) in [7, 11) is 0. The van der Waals surface area contributed by atoms with Gasteiger partial charge in [0.25, 0.3) is 5.69 Å². The van der Waals surface area contributed by atoms with Crippen molar-refractivity contribution in [2.75, 3.05) is 11.5 Å². The van der Waals surface area contributed by atoms with Gasteiger partial charge in [-0.3, -0.25) is 10.1 Å². The number of nitro groups is 1. The number of thioether (sulfide) groups is 2. The highest BCUT2D eigenvalue weighted by Crippen LogP contribution is 2.54. The Bertz CT molecular complexity index is 490. The first kappa shape index (κ1) is 16.0. The van der Waals surface area contributed by atoms with E-state index in [0.717, 1.165) is 36.3 Å². The van der Waals surface area contributed by atoms with Gasteiger partial charge in [0.1, 0.15) is 5.02 Å². The number of benzene rings is 1. The number of hydrogen-bond donors (Lipinski definition) is 0. The average molecular weight is 332 g/mol. The first-order valence-corrected chi connectivity index (χ1v) is 9.16. The Hall–Kier alpha value is -0.390. The van der Waals surface area contributed by atoms with Gasteiger partial charge in [0.2, 0.25) is 0 Å². The molecule has 1 heterocycles. The molecule has 1 aliphatic heterocycles. The van der Waals surface area contributed by atoms with Gasteiger partial charge in [-0.2, -0.15) is 0 Å². The van der Waals surface area contributed by atoms with Gasteiger partial charge in [-0.1, -0.05) is 37.4 Å². The second-order valence-electron chi connectivity index (χ2n) is 4.83. The maximum atomic E-state index is 11.1. The Balaban J connectivity index is 2.37. The molecule has 1 aromatic rings. The third-order valence-electron chi connectivity index (χ3n) is 3.40. The molecule has 0 aliphatic carbocycles. The lowest BCUT2D eigenvalue weighted by Crippen LogP contribution is -2.23. The molecule has 6 heteroatoms. The Morgan fingerprint density at radius 2 is 2.10 bits per heavy atom. The normalized spacial score (nSPS) is 17.9. The van der Waals surface area contributed by atoms with Gasteiger partial charge in [-0.15, -0.1) is 23.5 Å². The zero-order valence-corrected chi connectivity index (χ0v) is 13.8. The Labute approximate surface area is 133 Å². The molecule has 110 valence electrons. The molecule has 2 rings (SSSR count). The van der Waals surface area contributed by atoms with Crippen molar-refractivity contribution in [1.82, 2.24) is 0 Å². The molecule has 0 atom stereocenters. The molecule has 1 fully saturated rings. The van der Waals surface area contributed by atoms with Crippen molar-refractivity contribution in [2.24, 2.45) is 0 Å². The number of halogens is 1. The van der Waals surface area contributed by atoms with E-state index in [2.05, 4.69) is 6.92 Å². The van der Waals surface area contributed by atoms with E-state index < -0.39 is 4.92 Å². The van der Waals surface area contributed by atoms with Gasteiger partial charge >= 0.3 is 0 Å². The van der Waals surface area contributed by atoms with Crippen LogP contribution < -0.4 is 0 Å². The van der Waals surface area contributed by atoms with Crippen LogP contribution in [0.3, 0.4) is 0 Å². The largest absolute Gasteiger partial charge is 0.288 e. The Morgan fingerprint density at radius 3 is 2.70 bits per heavy atom. The molecule has 0 radical (unpaired) electrons. The average Bonchev–Trinajstić information content (AvgIpc) is 2.46. The third-order valence-corrected chi connectivity index (χ3v) is 7.23. The van der Waals surface area contributed by atoms with Crippen molar-refractivity contribution in [1.29, 1.82) is 0 Å². The summed E-state index contributed by atoms with van der Waals surface area (Å²) < 4.78 is -0.0381. The quantitative estimate of drug-likeness (QED) is 0.530. The van der Waals surface area contributed by atoms with Crippen molar-refractivity contribution < 1.29 is 4.92 Å². The minimum absolute atomic E-state index is 0.0202. The zero-order valence-electron chi connectivity index (χ0n) is 11.4. The van der Waals surface area contributed by atoms with E-state index >= 15 is 0 Å². The van der Waals surface area contributed by atoms with Gasteiger partial charge in [0.15, 0.2) is 0 Å². The van der Waals surface area contributed by atoms with Crippen molar-refractivity contribution in [3.05, 3.63) is 38.9 Å². The second-order valence-corrected chi connectivity index (χ2v) is 8.28. The molecule has 0 saturated carbocycles. The molecule has 0 amide bonds. The van der Waals surface area contributed by atoms with Crippen LogP contribution in [-0.2, 0) is 4.08 Å². The summed E-state index contributed by atoms with van der Waals surface area (Å²) in [6.07, 6.45) is 4.53. The summed E-state index contributed by atoms with van der Waals surface area (Å²) in [4.78, 5) is 10.7. The summed E-state index contributed by atoms with van der Waals surface area (Å²) in [5, 5.41) is 11.3. The van der Waals surface area contributed by atoms with Crippen LogP contribution in [-0.4, -0.2) is 16.4 Å². The van der Waals surface area contributed by atoms with Gasteiger partial charge in [0, 0.05) is 6.07 Å². The molecular weight excluding hydrogens is 314 g/mol. The fraction of sp³-hybridized carbons (Fsp3) is 0.571. The van der Waals surface area contributed by atoms with Crippen LogP contribution >= 0.6 is 35.1 Å². The van der Waals surface area contributed by atoms with Crippen LogP contribution in [0.15, 0.2) is 18.2 Å². The highest BCUT2D eigenvalue weighted by Gasteiger charge is 2.36. The van der Waals surface area contributed by atoms with Gasteiger partial charge in [0.05, 0.1) is 9.00 Å². The lowest BCUT2D eigenvalue weighted by molar-refractivity contribution is -0.384. The molecule has 20 heavy (non-hydrogen) atoms. The van der Waals surface area contributed by atoms with Crippen LogP contribution in [0.2, 0.25) is 5.02 Å². The summed E-state index contributed by atoms with van der Waals surface area (Å²) in [6.45, 7) is 2.18. The van der Waals surface area contributed by atoms with Crippen LogP contribution in [0.4, 0.5) is 5.69 Å². The molecule has 1 aromatic carbocycles. The molecule has 0 N–H and O–H groups in total. The van der Waals surface area contributed by atoms with Gasteiger partial charge in [-0.05, 0) is 36.0 Å². The minimum atomic E-state index is -0.391. The highest BCUT2D eigenvalue weighted by atomic mass is 35.5. The predicted molar refractivity (Wildman–Crippen MR) is 88.8 cm³/mol. The highest BCUT2D eigenvalue weighted by molar-refractivity contribution is 8.18. The maximum Gasteiger partial charge on any atom is 0.288 e. The topological polar surface area (TPSA) is 43.1 Å². The van der Waals surface area contributed by atoms with Crippen molar-refractivity contribution in [2.45, 2.75) is 36.7 Å². The van der Waals surface area contributed by atoms with Gasteiger partial charge in [-0.25, -0.2) is 0 Å². The van der Waals surface area contributed by atoms with E-state index in [1.54, 1.807) is 12.1 Å². The van der Waals surface area contributed by atoms with Crippen molar-refractivity contribution >= 4 is 40.8 Å². The van der Waals surface area contributed by atoms with Crippen LogP contribution in [0, 0.1) is 10.1 Å². The zero-order chi connectivity index (χ0) is 14.6. The SMILES string of the molecule is CCCCC1(c2ccc(Cl)c([N+](=O)[O-])c2)SCCCS1. The Kier molecular flexibility index (Phi) is 5.64. The standard InChI is InChI=1S/C14H18ClNO2S2/c1-2-3-7-14(19-8-4-9-20-14)11-5-6-12(15)13(10-11)16(17)18/h5-6,10H,2-4,7-9H2,1H3. The maximum absolute atomic E-state index is 11.1. The number of hydrogen-bond acceptors (Lipinski definition) is 4. The second kappa shape index (κ2) is 7.05. The molecule has 0 aromatic heterocycles. The van der Waals surface area contributed by atoms with E-state index in [1.165, 1.54) is 6.42 Å². The third kappa shape index (κ3) is 3.43. The van der Waals surface area contributed by atoms with Crippen molar-refractivity contribution in [3.63, 3.8) is 0 Å². The first-order chi connectivity index (χ1) is 9.59. The Morgan fingerprint density at radius 1 is 1.40 bits per heavy atom. The molecule has 1 saturated heterocycles. The fourth-order valence-electron chi connectivity index (χ4n) is 2.33. The summed E-state index contributed by atoms with van der Waals surface area (Å²) >= 11 is 9.78. The van der Waals surface area contributed by atoms with E-state index in [4.69, 9.17) is 11.6 Å². The number of rotatable bonds is 5. The molecule has 3 nitrogen and oxygen atoms in total. The van der Waals surface area contributed by atoms with E-state index in [1.807, 2.05) is 29.6 Å². The fourth-order valence-corrected chi connectivity index (χ4v) is 5.93. The molecule has 1 aliphatic rings. The summed E-state index contributed by atoms with van der Waals surface area (Å²) in [5.41, 5.74) is 1.06. The predicted octanol–water partition coefficient (Wildman–Crippen LogP) is 5.46. The lowest BCUT2D eigenvalue weighted by Gasteiger charge is -2.36. The van der Waals surface area contributed by atoms with E-state index in [-0.39, 0.29) is 14.8 Å².